The summed E-state index contributed by atoms with van der Waals surface area (Å²) in [5.74, 6) is 2.19. The van der Waals surface area contributed by atoms with E-state index in [-0.39, 0.29) is 11.8 Å². The van der Waals surface area contributed by atoms with Crippen LogP contribution in [0.4, 0.5) is 5.82 Å². The molecule has 3 aromatic rings. The zero-order valence-corrected chi connectivity index (χ0v) is 18.9. The molecule has 1 aliphatic heterocycles. The Bertz CT molecular complexity index is 1020. The van der Waals surface area contributed by atoms with Gasteiger partial charge in [0.1, 0.15) is 16.5 Å². The van der Waals surface area contributed by atoms with E-state index in [1.54, 1.807) is 16.2 Å². The summed E-state index contributed by atoms with van der Waals surface area (Å²) in [6.45, 7) is 2.38. The Hall–Kier alpha value is -2.51. The minimum absolute atomic E-state index is 0.103. The predicted molar refractivity (Wildman–Crippen MR) is 124 cm³/mol. The molecule has 4 rings (SSSR count). The van der Waals surface area contributed by atoms with Gasteiger partial charge in [-0.1, -0.05) is 30.3 Å². The molecule has 158 valence electrons. The molecule has 0 N–H and O–H groups in total. The van der Waals surface area contributed by atoms with Gasteiger partial charge >= 0.3 is 0 Å². The third-order valence-corrected chi connectivity index (χ3v) is 6.46. The van der Waals surface area contributed by atoms with Crippen molar-refractivity contribution in [1.29, 1.82) is 0 Å². The van der Waals surface area contributed by atoms with Gasteiger partial charge in [-0.15, -0.1) is 11.3 Å². The molecular weight excluding hydrogens is 394 g/mol. The Kier molecular flexibility index (Phi) is 6.01. The lowest BCUT2D eigenvalue weighted by Crippen LogP contribution is -2.40. The summed E-state index contributed by atoms with van der Waals surface area (Å²) in [6, 6.07) is 10.5. The molecule has 0 unspecified atom stereocenters. The van der Waals surface area contributed by atoms with E-state index < -0.39 is 0 Å². The number of carbonyl (C=O) groups excluding carboxylic acids is 1. The number of anilines is 1. The lowest BCUT2D eigenvalue weighted by molar-refractivity contribution is -0.133. The Morgan fingerprint density at radius 1 is 1.10 bits per heavy atom. The number of benzene rings is 1. The molecular formula is C23H29N5OS. The van der Waals surface area contributed by atoms with Gasteiger partial charge in [0.05, 0.1) is 11.9 Å². The maximum Gasteiger partial charge on any atom is 0.225 e. The second-order valence-electron chi connectivity index (χ2n) is 8.39. The van der Waals surface area contributed by atoms with Gasteiger partial charge in [-0.3, -0.25) is 4.79 Å². The second-order valence-corrected chi connectivity index (χ2v) is 9.25. The summed E-state index contributed by atoms with van der Waals surface area (Å²) in [5, 5.41) is 3.33. The van der Waals surface area contributed by atoms with Crippen molar-refractivity contribution in [3.05, 3.63) is 41.5 Å². The molecule has 0 saturated carbocycles. The van der Waals surface area contributed by atoms with Crippen LogP contribution in [0.25, 0.3) is 21.3 Å². The monoisotopic (exact) mass is 423 g/mol. The second kappa shape index (κ2) is 8.70. The minimum Gasteiger partial charge on any atom is -0.356 e. The molecule has 0 aliphatic carbocycles. The highest BCUT2D eigenvalue weighted by atomic mass is 32.1. The van der Waals surface area contributed by atoms with E-state index in [0.29, 0.717) is 6.54 Å². The van der Waals surface area contributed by atoms with Gasteiger partial charge < -0.3 is 14.7 Å². The van der Waals surface area contributed by atoms with Crippen LogP contribution in [0.5, 0.6) is 0 Å². The van der Waals surface area contributed by atoms with Crippen LogP contribution in [0, 0.1) is 5.92 Å². The first kappa shape index (κ1) is 20.8. The normalized spacial score (nSPS) is 15.2. The number of rotatable bonds is 5. The van der Waals surface area contributed by atoms with Crippen molar-refractivity contribution in [2.24, 2.45) is 5.92 Å². The van der Waals surface area contributed by atoms with Crippen molar-refractivity contribution in [2.45, 2.75) is 19.4 Å². The molecule has 0 atom stereocenters. The number of thiophene rings is 1. The van der Waals surface area contributed by atoms with E-state index in [1.165, 1.54) is 11.1 Å². The lowest BCUT2D eigenvalue weighted by atomic mass is 9.95. The van der Waals surface area contributed by atoms with Gasteiger partial charge in [0.15, 0.2) is 0 Å². The van der Waals surface area contributed by atoms with Crippen molar-refractivity contribution in [2.75, 3.05) is 46.2 Å². The Balaban J connectivity index is 1.73. The maximum atomic E-state index is 12.4. The summed E-state index contributed by atoms with van der Waals surface area (Å²) < 4.78 is 0. The average molecular weight is 424 g/mol. The first-order chi connectivity index (χ1) is 14.4. The van der Waals surface area contributed by atoms with Gasteiger partial charge in [0.25, 0.3) is 0 Å². The van der Waals surface area contributed by atoms with Crippen LogP contribution < -0.4 is 4.90 Å². The first-order valence-corrected chi connectivity index (χ1v) is 11.3. The zero-order chi connectivity index (χ0) is 21.3. The van der Waals surface area contributed by atoms with E-state index >= 15 is 0 Å². The van der Waals surface area contributed by atoms with E-state index in [9.17, 15) is 4.79 Å². The van der Waals surface area contributed by atoms with Crippen LogP contribution in [-0.2, 0) is 11.3 Å². The van der Waals surface area contributed by atoms with E-state index in [2.05, 4.69) is 39.4 Å². The highest BCUT2D eigenvalue weighted by molar-refractivity contribution is 7.17. The average Bonchev–Trinajstić information content (AvgIpc) is 3.17. The Labute approximate surface area is 182 Å². The van der Waals surface area contributed by atoms with Crippen LogP contribution in [0.1, 0.15) is 18.7 Å². The number of piperidine rings is 1. The Morgan fingerprint density at radius 2 is 1.80 bits per heavy atom. The summed E-state index contributed by atoms with van der Waals surface area (Å²) in [4.78, 5) is 29.5. The van der Waals surface area contributed by atoms with Crippen LogP contribution in [0.15, 0.2) is 35.7 Å². The Morgan fingerprint density at radius 3 is 2.43 bits per heavy atom. The smallest absolute Gasteiger partial charge is 0.225 e. The van der Waals surface area contributed by atoms with Gasteiger partial charge in [-0.2, -0.15) is 0 Å². The molecule has 3 heterocycles. The van der Waals surface area contributed by atoms with Gasteiger partial charge in [0.2, 0.25) is 5.91 Å². The highest BCUT2D eigenvalue weighted by Gasteiger charge is 2.28. The molecule has 1 aliphatic rings. The van der Waals surface area contributed by atoms with Gasteiger partial charge in [-0.25, -0.2) is 9.97 Å². The largest absolute Gasteiger partial charge is 0.356 e. The number of carbonyl (C=O) groups is 1. The zero-order valence-electron chi connectivity index (χ0n) is 18.1. The fourth-order valence-electron chi connectivity index (χ4n) is 4.08. The highest BCUT2D eigenvalue weighted by Crippen LogP contribution is 2.39. The summed E-state index contributed by atoms with van der Waals surface area (Å²) >= 11 is 1.68. The fourth-order valence-corrected chi connectivity index (χ4v) is 5.04. The standard InChI is InChI=1S/C23H29N5OS/c1-26(2)14-19-24-21(28-12-10-17(11-13-28)23(29)27(3)4)20-18(15-30-22(20)25-19)16-8-6-5-7-9-16/h5-9,15,17H,10-14H2,1-4H3. The van der Waals surface area contributed by atoms with Crippen LogP contribution in [0.3, 0.4) is 0 Å². The molecule has 2 aromatic heterocycles. The van der Waals surface area contributed by atoms with E-state index in [0.717, 1.165) is 47.8 Å². The van der Waals surface area contributed by atoms with Crippen molar-refractivity contribution in [3.8, 4) is 11.1 Å². The molecule has 1 amide bonds. The summed E-state index contributed by atoms with van der Waals surface area (Å²) in [5.41, 5.74) is 2.38. The van der Waals surface area contributed by atoms with Crippen LogP contribution >= 0.6 is 11.3 Å². The predicted octanol–water partition coefficient (Wildman–Crippen LogP) is 3.72. The van der Waals surface area contributed by atoms with E-state index in [1.807, 2.05) is 34.3 Å². The molecule has 30 heavy (non-hydrogen) atoms. The van der Waals surface area contributed by atoms with Crippen LogP contribution in [-0.4, -0.2) is 67.0 Å². The summed E-state index contributed by atoms with van der Waals surface area (Å²) in [7, 11) is 7.76. The third-order valence-electron chi connectivity index (χ3n) is 5.59. The number of hydrogen-bond acceptors (Lipinski definition) is 6. The third kappa shape index (κ3) is 4.18. The molecule has 6 nitrogen and oxygen atoms in total. The molecule has 0 spiro atoms. The molecule has 0 bridgehead atoms. The van der Waals surface area contributed by atoms with E-state index in [4.69, 9.17) is 9.97 Å². The van der Waals surface area contributed by atoms with Crippen molar-refractivity contribution in [3.63, 3.8) is 0 Å². The molecule has 1 fully saturated rings. The number of aromatic nitrogens is 2. The number of nitrogens with zero attached hydrogens (tertiary/aromatic N) is 5. The maximum absolute atomic E-state index is 12.4. The number of fused-ring (bicyclic) bond motifs is 1. The molecule has 1 aromatic carbocycles. The number of hydrogen-bond donors (Lipinski definition) is 0. The molecule has 1 saturated heterocycles. The molecule has 7 heteroatoms. The molecule has 0 radical (unpaired) electrons. The fraction of sp³-hybridized carbons (Fsp3) is 0.435. The lowest BCUT2D eigenvalue weighted by Gasteiger charge is -2.33. The minimum atomic E-state index is 0.103. The quantitative estimate of drug-likeness (QED) is 0.626. The van der Waals surface area contributed by atoms with Crippen molar-refractivity contribution >= 4 is 33.3 Å². The first-order valence-electron chi connectivity index (χ1n) is 10.4. The number of amides is 1. The van der Waals surface area contributed by atoms with Crippen molar-refractivity contribution < 1.29 is 4.79 Å². The topological polar surface area (TPSA) is 52.6 Å². The van der Waals surface area contributed by atoms with Crippen molar-refractivity contribution in [1.82, 2.24) is 19.8 Å². The summed E-state index contributed by atoms with van der Waals surface area (Å²) in [6.07, 6.45) is 1.71. The van der Waals surface area contributed by atoms with Crippen LogP contribution in [0.2, 0.25) is 0 Å². The SMILES string of the molecule is CN(C)Cc1nc(N2CCC(C(=O)N(C)C)CC2)c2c(-c3ccccc3)csc2n1. The van der Waals surface area contributed by atoms with Gasteiger partial charge in [0, 0.05) is 44.0 Å². The van der Waals surface area contributed by atoms with Gasteiger partial charge in [-0.05, 0) is 32.5 Å².